The summed E-state index contributed by atoms with van der Waals surface area (Å²) in [6.07, 6.45) is 0. The molecule has 0 aromatic heterocycles. The monoisotopic (exact) mass is 438 g/mol. The number of amides is 1. The molecule has 0 bridgehead atoms. The number of nitrogens with one attached hydrogen (secondary N) is 1. The van der Waals surface area contributed by atoms with E-state index in [4.69, 9.17) is 0 Å². The van der Waals surface area contributed by atoms with Crippen LogP contribution in [-0.4, -0.2) is 32.2 Å². The second-order valence-corrected chi connectivity index (χ2v) is 9.31. The van der Waals surface area contributed by atoms with Crippen molar-refractivity contribution in [2.45, 2.75) is 31.7 Å². The Morgan fingerprint density at radius 1 is 1.12 bits per heavy atom. The number of nitrogens with zero attached hydrogens (tertiary/aromatic N) is 1. The van der Waals surface area contributed by atoms with Gasteiger partial charge in [0, 0.05) is 11.5 Å². The lowest BCUT2D eigenvalue weighted by atomic mass is 10.1. The number of halogens is 1. The van der Waals surface area contributed by atoms with E-state index in [1.54, 1.807) is 18.2 Å². The molecule has 1 atom stereocenters. The molecular weight excluding hydrogens is 416 g/mol. The van der Waals surface area contributed by atoms with E-state index in [0.717, 1.165) is 25.5 Å². The topological polar surface area (TPSA) is 66.5 Å². The fourth-order valence-corrected chi connectivity index (χ4v) is 3.94. The summed E-state index contributed by atoms with van der Waals surface area (Å²) in [5.74, 6) is -0.352. The fraction of sp³-hybridized carbons (Fsp3) is 0.316. The van der Waals surface area contributed by atoms with Gasteiger partial charge < -0.3 is 5.32 Å². The van der Waals surface area contributed by atoms with Crippen LogP contribution in [0.15, 0.2) is 51.8 Å². The van der Waals surface area contributed by atoms with Gasteiger partial charge in [-0.1, -0.05) is 34.1 Å². The Morgan fingerprint density at radius 2 is 1.73 bits per heavy atom. The number of benzene rings is 2. The normalized spacial score (nSPS) is 12.8. The summed E-state index contributed by atoms with van der Waals surface area (Å²) in [5.41, 5.74) is 2.86. The lowest BCUT2D eigenvalue weighted by Gasteiger charge is -2.20. The SMILES string of the molecule is Cc1ccc(S(=O)(=O)N(C)CC(=O)NC(C)c2ccc(Br)cc2)cc1C. The molecule has 140 valence electrons. The van der Waals surface area contributed by atoms with Crippen molar-refractivity contribution in [1.82, 2.24) is 9.62 Å². The molecule has 0 saturated carbocycles. The number of carbonyl (C=O) groups excluding carboxylic acids is 1. The van der Waals surface area contributed by atoms with E-state index in [-0.39, 0.29) is 23.4 Å². The van der Waals surface area contributed by atoms with Gasteiger partial charge in [-0.15, -0.1) is 0 Å². The van der Waals surface area contributed by atoms with Crippen LogP contribution in [0.25, 0.3) is 0 Å². The molecule has 0 spiro atoms. The first-order valence-electron chi connectivity index (χ1n) is 8.19. The van der Waals surface area contributed by atoms with E-state index < -0.39 is 10.0 Å². The van der Waals surface area contributed by atoms with E-state index in [0.29, 0.717) is 0 Å². The maximum Gasteiger partial charge on any atom is 0.243 e. The number of likely N-dealkylation sites (N-methyl/N-ethyl adjacent to an activating group) is 1. The van der Waals surface area contributed by atoms with Crippen molar-refractivity contribution in [3.63, 3.8) is 0 Å². The van der Waals surface area contributed by atoms with Gasteiger partial charge in [-0.2, -0.15) is 4.31 Å². The maximum absolute atomic E-state index is 12.7. The highest BCUT2D eigenvalue weighted by Crippen LogP contribution is 2.19. The molecule has 26 heavy (non-hydrogen) atoms. The van der Waals surface area contributed by atoms with Gasteiger partial charge in [0.15, 0.2) is 0 Å². The number of carbonyl (C=O) groups is 1. The highest BCUT2D eigenvalue weighted by Gasteiger charge is 2.24. The van der Waals surface area contributed by atoms with Crippen molar-refractivity contribution in [3.05, 3.63) is 63.6 Å². The van der Waals surface area contributed by atoms with Gasteiger partial charge in [-0.05, 0) is 61.7 Å². The van der Waals surface area contributed by atoms with Gasteiger partial charge in [0.2, 0.25) is 15.9 Å². The third kappa shape index (κ3) is 4.93. The average molecular weight is 439 g/mol. The fourth-order valence-electron chi connectivity index (χ4n) is 2.46. The molecule has 1 amide bonds. The van der Waals surface area contributed by atoms with Crippen molar-refractivity contribution in [2.24, 2.45) is 0 Å². The summed E-state index contributed by atoms with van der Waals surface area (Å²) in [6.45, 7) is 5.41. The van der Waals surface area contributed by atoms with Crippen LogP contribution in [0.2, 0.25) is 0 Å². The Balaban J connectivity index is 2.05. The summed E-state index contributed by atoms with van der Waals surface area (Å²) in [5, 5.41) is 2.83. The lowest BCUT2D eigenvalue weighted by Crippen LogP contribution is -2.39. The van der Waals surface area contributed by atoms with E-state index in [1.165, 1.54) is 7.05 Å². The van der Waals surface area contributed by atoms with Crippen LogP contribution in [0.5, 0.6) is 0 Å². The zero-order chi connectivity index (χ0) is 19.5. The minimum atomic E-state index is -3.71. The third-order valence-corrected chi connectivity index (χ3v) is 6.63. The first kappa shape index (κ1) is 20.6. The van der Waals surface area contributed by atoms with Gasteiger partial charge >= 0.3 is 0 Å². The van der Waals surface area contributed by atoms with Crippen molar-refractivity contribution in [1.29, 1.82) is 0 Å². The molecule has 0 aliphatic carbocycles. The Bertz CT molecular complexity index is 896. The van der Waals surface area contributed by atoms with Crippen LogP contribution in [0, 0.1) is 13.8 Å². The molecule has 0 saturated heterocycles. The van der Waals surface area contributed by atoms with Gasteiger partial charge in [0.25, 0.3) is 0 Å². The van der Waals surface area contributed by atoms with E-state index in [2.05, 4.69) is 21.2 Å². The first-order valence-corrected chi connectivity index (χ1v) is 10.4. The summed E-state index contributed by atoms with van der Waals surface area (Å²) >= 11 is 3.37. The molecule has 1 unspecified atom stereocenters. The van der Waals surface area contributed by atoms with Crippen molar-refractivity contribution in [3.8, 4) is 0 Å². The van der Waals surface area contributed by atoms with Gasteiger partial charge in [-0.25, -0.2) is 8.42 Å². The van der Waals surface area contributed by atoms with Crippen molar-refractivity contribution >= 4 is 31.9 Å². The minimum Gasteiger partial charge on any atom is -0.348 e. The molecule has 5 nitrogen and oxygen atoms in total. The third-order valence-electron chi connectivity index (χ3n) is 4.30. The van der Waals surface area contributed by atoms with E-state index in [1.807, 2.05) is 45.0 Å². The number of rotatable bonds is 6. The van der Waals surface area contributed by atoms with E-state index in [9.17, 15) is 13.2 Å². The molecule has 0 aliphatic heterocycles. The Hall–Kier alpha value is -1.70. The molecule has 0 radical (unpaired) electrons. The van der Waals surface area contributed by atoms with Gasteiger partial charge in [0.1, 0.15) is 0 Å². The predicted molar refractivity (Wildman–Crippen MR) is 106 cm³/mol. The van der Waals surface area contributed by atoms with Crippen molar-refractivity contribution < 1.29 is 13.2 Å². The molecule has 0 aliphatic rings. The largest absolute Gasteiger partial charge is 0.348 e. The number of sulfonamides is 1. The smallest absolute Gasteiger partial charge is 0.243 e. The Kier molecular flexibility index (Phi) is 6.60. The molecule has 2 rings (SSSR count). The minimum absolute atomic E-state index is 0.192. The molecule has 1 N–H and O–H groups in total. The number of hydrogen-bond donors (Lipinski definition) is 1. The summed E-state index contributed by atoms with van der Waals surface area (Å²) in [7, 11) is -2.30. The second kappa shape index (κ2) is 8.33. The van der Waals surface area contributed by atoms with Crippen LogP contribution < -0.4 is 5.32 Å². The second-order valence-electron chi connectivity index (χ2n) is 6.35. The van der Waals surface area contributed by atoms with Crippen LogP contribution >= 0.6 is 15.9 Å². The first-order chi connectivity index (χ1) is 12.1. The number of aryl methyl sites for hydroxylation is 2. The quantitative estimate of drug-likeness (QED) is 0.749. The molecule has 2 aromatic rings. The van der Waals surface area contributed by atoms with Crippen LogP contribution in [-0.2, 0) is 14.8 Å². The Labute approximate surface area is 163 Å². The van der Waals surface area contributed by atoms with Crippen LogP contribution in [0.1, 0.15) is 29.7 Å². The summed E-state index contributed by atoms with van der Waals surface area (Å²) in [6, 6.07) is 12.4. The lowest BCUT2D eigenvalue weighted by molar-refractivity contribution is -0.121. The van der Waals surface area contributed by atoms with Gasteiger partial charge in [-0.3, -0.25) is 4.79 Å². The maximum atomic E-state index is 12.7. The summed E-state index contributed by atoms with van der Waals surface area (Å²) in [4.78, 5) is 12.5. The van der Waals surface area contributed by atoms with E-state index >= 15 is 0 Å². The standard InChI is InChI=1S/C19H23BrN2O3S/c1-13-5-10-18(11-14(13)2)26(24,25)22(4)12-19(23)21-15(3)16-6-8-17(20)9-7-16/h5-11,15H,12H2,1-4H3,(H,21,23). The van der Waals surface area contributed by atoms with Gasteiger partial charge in [0.05, 0.1) is 17.5 Å². The Morgan fingerprint density at radius 3 is 2.31 bits per heavy atom. The molecule has 0 heterocycles. The molecule has 0 fully saturated rings. The predicted octanol–water partition coefficient (Wildman–Crippen LogP) is 3.56. The van der Waals surface area contributed by atoms with Crippen LogP contribution in [0.4, 0.5) is 0 Å². The van der Waals surface area contributed by atoms with Crippen LogP contribution in [0.3, 0.4) is 0 Å². The summed E-state index contributed by atoms with van der Waals surface area (Å²) < 4.78 is 27.4. The molecular formula is C19H23BrN2O3S. The highest BCUT2D eigenvalue weighted by atomic mass is 79.9. The average Bonchev–Trinajstić information content (AvgIpc) is 2.57. The van der Waals surface area contributed by atoms with Crippen molar-refractivity contribution in [2.75, 3.05) is 13.6 Å². The highest BCUT2D eigenvalue weighted by molar-refractivity contribution is 9.10. The zero-order valence-corrected chi connectivity index (χ0v) is 17.7. The molecule has 2 aromatic carbocycles. The zero-order valence-electron chi connectivity index (χ0n) is 15.3. The number of hydrogen-bond acceptors (Lipinski definition) is 3. The molecule has 7 heteroatoms.